The smallest absolute Gasteiger partial charge is 0.244 e. The van der Waals surface area contributed by atoms with Crippen LogP contribution in [0.25, 0.3) is 0 Å². The van der Waals surface area contributed by atoms with Gasteiger partial charge in [0.25, 0.3) is 0 Å². The van der Waals surface area contributed by atoms with E-state index in [4.69, 9.17) is 4.74 Å². The molecule has 1 amide bonds. The lowest BCUT2D eigenvalue weighted by atomic mass is 10.3. The van der Waals surface area contributed by atoms with E-state index in [-0.39, 0.29) is 11.9 Å². The van der Waals surface area contributed by atoms with Crippen LogP contribution in [0.3, 0.4) is 0 Å². The second-order valence-electron chi connectivity index (χ2n) is 3.84. The lowest BCUT2D eigenvalue weighted by Gasteiger charge is -2.14. The summed E-state index contributed by atoms with van der Waals surface area (Å²) >= 11 is 3.38. The summed E-state index contributed by atoms with van der Waals surface area (Å²) in [6, 6.07) is -0.302. The van der Waals surface area contributed by atoms with E-state index in [9.17, 15) is 4.79 Å². The summed E-state index contributed by atoms with van der Waals surface area (Å²) in [5, 5.41) is 7.02. The SMILES string of the molecule is COCCCNC(=O)C(C)n1ncc(Br)c1C. The summed E-state index contributed by atoms with van der Waals surface area (Å²) in [5.41, 5.74) is 0.949. The molecule has 0 bridgehead atoms. The van der Waals surface area contributed by atoms with E-state index < -0.39 is 0 Å². The number of nitrogens with one attached hydrogen (secondary N) is 1. The number of nitrogens with zero attached hydrogens (tertiary/aromatic N) is 2. The predicted octanol–water partition coefficient (Wildman–Crippen LogP) is 1.67. The van der Waals surface area contributed by atoms with Gasteiger partial charge in [0, 0.05) is 20.3 Å². The van der Waals surface area contributed by atoms with Crippen LogP contribution in [0.15, 0.2) is 10.7 Å². The van der Waals surface area contributed by atoms with E-state index in [0.717, 1.165) is 16.6 Å². The highest BCUT2D eigenvalue weighted by molar-refractivity contribution is 9.10. The Morgan fingerprint density at radius 2 is 2.41 bits per heavy atom. The highest BCUT2D eigenvalue weighted by Gasteiger charge is 2.17. The molecule has 0 fully saturated rings. The molecule has 0 spiro atoms. The van der Waals surface area contributed by atoms with Crippen LogP contribution in [0.2, 0.25) is 0 Å². The van der Waals surface area contributed by atoms with Crippen molar-refractivity contribution >= 4 is 21.8 Å². The van der Waals surface area contributed by atoms with E-state index in [0.29, 0.717) is 13.2 Å². The van der Waals surface area contributed by atoms with E-state index in [1.807, 2.05) is 13.8 Å². The van der Waals surface area contributed by atoms with Gasteiger partial charge < -0.3 is 10.1 Å². The zero-order chi connectivity index (χ0) is 12.8. The van der Waals surface area contributed by atoms with Gasteiger partial charge in [0.15, 0.2) is 0 Å². The zero-order valence-corrected chi connectivity index (χ0v) is 12.0. The van der Waals surface area contributed by atoms with Crippen LogP contribution in [0.5, 0.6) is 0 Å². The van der Waals surface area contributed by atoms with Gasteiger partial charge in [-0.3, -0.25) is 9.48 Å². The minimum atomic E-state index is -0.302. The van der Waals surface area contributed by atoms with E-state index in [2.05, 4.69) is 26.3 Å². The number of rotatable bonds is 6. The maximum absolute atomic E-state index is 11.8. The van der Waals surface area contributed by atoms with Crippen molar-refractivity contribution in [3.8, 4) is 0 Å². The summed E-state index contributed by atoms with van der Waals surface area (Å²) in [6.45, 7) is 5.03. The van der Waals surface area contributed by atoms with Gasteiger partial charge in [0.2, 0.25) is 5.91 Å². The molecule has 1 aromatic rings. The largest absolute Gasteiger partial charge is 0.385 e. The normalized spacial score (nSPS) is 12.5. The first-order valence-electron chi connectivity index (χ1n) is 5.54. The lowest BCUT2D eigenvalue weighted by Crippen LogP contribution is -2.32. The second-order valence-corrected chi connectivity index (χ2v) is 4.69. The van der Waals surface area contributed by atoms with Crippen LogP contribution < -0.4 is 5.32 Å². The quantitative estimate of drug-likeness (QED) is 0.813. The fraction of sp³-hybridized carbons (Fsp3) is 0.636. The number of hydrogen-bond acceptors (Lipinski definition) is 3. The third kappa shape index (κ3) is 3.81. The Labute approximate surface area is 110 Å². The molecule has 0 aliphatic rings. The molecule has 0 saturated carbocycles. The number of carbonyl (C=O) groups excluding carboxylic acids is 1. The van der Waals surface area contributed by atoms with E-state index in [1.165, 1.54) is 0 Å². The number of amides is 1. The molecule has 96 valence electrons. The molecule has 1 atom stereocenters. The van der Waals surface area contributed by atoms with Gasteiger partial charge in [-0.2, -0.15) is 5.10 Å². The summed E-state index contributed by atoms with van der Waals surface area (Å²) in [5.74, 6) is -0.0280. The van der Waals surface area contributed by atoms with Crippen LogP contribution in [0.4, 0.5) is 0 Å². The Kier molecular flexibility index (Phi) is 5.64. The molecule has 1 unspecified atom stereocenters. The van der Waals surface area contributed by atoms with Gasteiger partial charge >= 0.3 is 0 Å². The van der Waals surface area contributed by atoms with Crippen LogP contribution in [0, 0.1) is 6.92 Å². The Balaban J connectivity index is 2.49. The van der Waals surface area contributed by atoms with Gasteiger partial charge in [-0.05, 0) is 36.2 Å². The Morgan fingerprint density at radius 3 is 2.94 bits per heavy atom. The van der Waals surface area contributed by atoms with Crippen LogP contribution in [0.1, 0.15) is 25.1 Å². The van der Waals surface area contributed by atoms with Crippen LogP contribution in [-0.2, 0) is 9.53 Å². The van der Waals surface area contributed by atoms with E-state index in [1.54, 1.807) is 18.0 Å². The second kappa shape index (κ2) is 6.76. The third-order valence-electron chi connectivity index (χ3n) is 2.56. The molecular formula is C11H18BrN3O2. The molecule has 0 saturated heterocycles. The van der Waals surface area contributed by atoms with Crippen molar-refractivity contribution in [1.82, 2.24) is 15.1 Å². The van der Waals surface area contributed by atoms with E-state index >= 15 is 0 Å². The zero-order valence-electron chi connectivity index (χ0n) is 10.4. The molecular weight excluding hydrogens is 286 g/mol. The maximum Gasteiger partial charge on any atom is 0.244 e. The molecule has 1 heterocycles. The van der Waals surface area contributed by atoms with Crippen molar-refractivity contribution in [3.63, 3.8) is 0 Å². The number of ether oxygens (including phenoxy) is 1. The molecule has 6 heteroatoms. The minimum Gasteiger partial charge on any atom is -0.385 e. The van der Waals surface area contributed by atoms with Crippen molar-refractivity contribution in [3.05, 3.63) is 16.4 Å². The fourth-order valence-electron chi connectivity index (χ4n) is 1.48. The topological polar surface area (TPSA) is 56.1 Å². The van der Waals surface area contributed by atoms with Gasteiger partial charge in [-0.1, -0.05) is 0 Å². The first kappa shape index (κ1) is 14.2. The van der Waals surface area contributed by atoms with Crippen molar-refractivity contribution < 1.29 is 9.53 Å². The molecule has 0 radical (unpaired) electrons. The number of halogens is 1. The van der Waals surface area contributed by atoms with Crippen molar-refractivity contribution in [2.75, 3.05) is 20.3 Å². The predicted molar refractivity (Wildman–Crippen MR) is 68.9 cm³/mol. The molecule has 5 nitrogen and oxygen atoms in total. The Hall–Kier alpha value is -0.880. The number of aromatic nitrogens is 2. The third-order valence-corrected chi connectivity index (χ3v) is 3.33. The summed E-state index contributed by atoms with van der Waals surface area (Å²) in [7, 11) is 1.65. The molecule has 0 aromatic carbocycles. The molecule has 1 aromatic heterocycles. The number of hydrogen-bond donors (Lipinski definition) is 1. The van der Waals surface area contributed by atoms with Crippen molar-refractivity contribution in [1.29, 1.82) is 0 Å². The first-order chi connectivity index (χ1) is 8.07. The molecule has 17 heavy (non-hydrogen) atoms. The molecule has 0 aliphatic carbocycles. The minimum absolute atomic E-state index is 0.0280. The van der Waals surface area contributed by atoms with Crippen LogP contribution in [-0.4, -0.2) is 35.9 Å². The number of carbonyl (C=O) groups is 1. The average Bonchev–Trinajstić information content (AvgIpc) is 2.64. The van der Waals surface area contributed by atoms with Gasteiger partial charge in [0.1, 0.15) is 6.04 Å². The summed E-state index contributed by atoms with van der Waals surface area (Å²) in [4.78, 5) is 11.8. The summed E-state index contributed by atoms with van der Waals surface area (Å²) < 4.78 is 7.53. The Morgan fingerprint density at radius 1 is 1.71 bits per heavy atom. The number of methoxy groups -OCH3 is 1. The fourth-order valence-corrected chi connectivity index (χ4v) is 1.75. The monoisotopic (exact) mass is 303 g/mol. The van der Waals surface area contributed by atoms with Gasteiger partial charge in [-0.15, -0.1) is 0 Å². The highest BCUT2D eigenvalue weighted by atomic mass is 79.9. The molecule has 0 aliphatic heterocycles. The first-order valence-corrected chi connectivity index (χ1v) is 6.33. The van der Waals surface area contributed by atoms with Crippen molar-refractivity contribution in [2.24, 2.45) is 0 Å². The lowest BCUT2D eigenvalue weighted by molar-refractivity contribution is -0.124. The molecule has 1 N–H and O–H groups in total. The van der Waals surface area contributed by atoms with Gasteiger partial charge in [0.05, 0.1) is 16.4 Å². The maximum atomic E-state index is 11.8. The standard InChI is InChI=1S/C11H18BrN3O2/c1-8-10(12)7-14-15(8)9(2)11(16)13-5-4-6-17-3/h7,9H,4-6H2,1-3H3,(H,13,16). The highest BCUT2D eigenvalue weighted by Crippen LogP contribution is 2.18. The average molecular weight is 304 g/mol. The van der Waals surface area contributed by atoms with Crippen LogP contribution >= 0.6 is 15.9 Å². The summed E-state index contributed by atoms with van der Waals surface area (Å²) in [6.07, 6.45) is 2.51. The van der Waals surface area contributed by atoms with Gasteiger partial charge in [-0.25, -0.2) is 0 Å². The molecule has 1 rings (SSSR count). The van der Waals surface area contributed by atoms with Crippen molar-refractivity contribution in [2.45, 2.75) is 26.3 Å². The Bertz CT molecular complexity index is 379.